The van der Waals surface area contributed by atoms with Crippen LogP contribution in [0.15, 0.2) is 0 Å². The van der Waals surface area contributed by atoms with Crippen LogP contribution in [0.3, 0.4) is 0 Å². The maximum Gasteiger partial charge on any atom is 0.306 e. The summed E-state index contributed by atoms with van der Waals surface area (Å²) in [6.07, 6.45) is 9.92. The first-order valence-corrected chi connectivity index (χ1v) is 12.5. The highest BCUT2D eigenvalue weighted by atomic mass is 16.5. The van der Waals surface area contributed by atoms with Crippen LogP contribution in [0.4, 0.5) is 0 Å². The minimum absolute atomic E-state index is 0.0456. The summed E-state index contributed by atoms with van der Waals surface area (Å²) in [5.74, 6) is 1.35. The summed E-state index contributed by atoms with van der Waals surface area (Å²) in [5, 5.41) is 9.04. The Morgan fingerprint density at radius 1 is 0.968 bits per heavy atom. The van der Waals surface area contributed by atoms with Crippen LogP contribution in [0.2, 0.25) is 0 Å². The van der Waals surface area contributed by atoms with Crippen molar-refractivity contribution in [3.05, 3.63) is 0 Å². The molecule has 31 heavy (non-hydrogen) atoms. The van der Waals surface area contributed by atoms with Crippen LogP contribution in [0.1, 0.15) is 91.9 Å². The predicted octanol–water partition coefficient (Wildman–Crippen LogP) is 5.26. The number of Topliss-reactive ketones (excluding diaryl/α,β-unsaturated/α-hetero) is 1. The number of carbonyl (C=O) groups is 3. The summed E-state index contributed by atoms with van der Waals surface area (Å²) in [7, 11) is 0. The summed E-state index contributed by atoms with van der Waals surface area (Å²) >= 11 is 0. The van der Waals surface area contributed by atoms with Gasteiger partial charge in [0.15, 0.2) is 0 Å². The second-order valence-corrected chi connectivity index (χ2v) is 11.8. The van der Waals surface area contributed by atoms with E-state index in [9.17, 15) is 14.4 Å². The van der Waals surface area contributed by atoms with Gasteiger partial charge < -0.3 is 9.84 Å². The zero-order valence-corrected chi connectivity index (χ0v) is 19.7. The molecule has 0 bridgehead atoms. The highest BCUT2D eigenvalue weighted by molar-refractivity contribution is 5.79. The Hall–Kier alpha value is -1.39. The highest BCUT2D eigenvalue weighted by Crippen LogP contribution is 2.67. The van der Waals surface area contributed by atoms with Crippen molar-refractivity contribution in [2.45, 2.75) is 98.0 Å². The summed E-state index contributed by atoms with van der Waals surface area (Å²) in [6.45, 7) is 8.23. The molecule has 4 aliphatic carbocycles. The van der Waals surface area contributed by atoms with Crippen molar-refractivity contribution in [1.29, 1.82) is 0 Å². The van der Waals surface area contributed by atoms with Crippen molar-refractivity contribution in [3.63, 3.8) is 0 Å². The lowest BCUT2D eigenvalue weighted by atomic mass is 9.44. The van der Waals surface area contributed by atoms with Gasteiger partial charge in [-0.25, -0.2) is 0 Å². The van der Waals surface area contributed by atoms with Gasteiger partial charge in [0, 0.05) is 5.92 Å². The standard InChI is InChI=1S/C26H40O5/c1-15(24(29)30)13-23(28)31-18-9-11-25(3)17(14-18)5-6-19-21-8-7-20(16(2)27)26(21,4)12-10-22(19)25/h15,17-22H,5-14H2,1-4H3,(H,29,30)/t15?,17-,18-,19+,20-,21+,22+,25+,26-/m1/s1. The number of fused-ring (bicyclic) bond motifs is 5. The lowest BCUT2D eigenvalue weighted by Crippen LogP contribution is -2.54. The molecule has 1 N–H and O–H groups in total. The Labute approximate surface area is 186 Å². The van der Waals surface area contributed by atoms with Gasteiger partial charge >= 0.3 is 11.9 Å². The predicted molar refractivity (Wildman–Crippen MR) is 117 cm³/mol. The molecule has 0 aromatic rings. The van der Waals surface area contributed by atoms with E-state index < -0.39 is 11.9 Å². The Morgan fingerprint density at radius 2 is 1.65 bits per heavy atom. The molecule has 0 aliphatic heterocycles. The van der Waals surface area contributed by atoms with Crippen molar-refractivity contribution in [3.8, 4) is 0 Å². The Balaban J connectivity index is 1.41. The normalized spacial score (nSPS) is 45.0. The van der Waals surface area contributed by atoms with Crippen LogP contribution in [0.25, 0.3) is 0 Å². The van der Waals surface area contributed by atoms with Gasteiger partial charge in [0.1, 0.15) is 11.9 Å². The molecule has 4 aliphatic rings. The fourth-order valence-electron chi connectivity index (χ4n) is 8.56. The lowest BCUT2D eigenvalue weighted by molar-refractivity contribution is -0.165. The molecular weight excluding hydrogens is 392 g/mol. The van der Waals surface area contributed by atoms with Crippen LogP contribution in [0, 0.1) is 46.3 Å². The van der Waals surface area contributed by atoms with Crippen molar-refractivity contribution in [1.82, 2.24) is 0 Å². The van der Waals surface area contributed by atoms with Crippen LogP contribution in [0.5, 0.6) is 0 Å². The van der Waals surface area contributed by atoms with Crippen molar-refractivity contribution in [2.75, 3.05) is 0 Å². The number of carbonyl (C=O) groups excluding carboxylic acids is 2. The number of hydrogen-bond donors (Lipinski definition) is 1. The van der Waals surface area contributed by atoms with Gasteiger partial charge in [0.25, 0.3) is 0 Å². The smallest absolute Gasteiger partial charge is 0.306 e. The molecular formula is C26H40O5. The zero-order chi connectivity index (χ0) is 22.6. The first-order valence-electron chi connectivity index (χ1n) is 12.5. The van der Waals surface area contributed by atoms with Gasteiger partial charge in [0.05, 0.1) is 12.3 Å². The highest BCUT2D eigenvalue weighted by Gasteiger charge is 2.60. The maximum atomic E-state index is 12.3. The average molecular weight is 433 g/mol. The van der Waals surface area contributed by atoms with Gasteiger partial charge in [0.2, 0.25) is 0 Å². The Morgan fingerprint density at radius 3 is 2.32 bits per heavy atom. The van der Waals surface area contributed by atoms with Gasteiger partial charge in [-0.2, -0.15) is 0 Å². The molecule has 0 amide bonds. The van der Waals surface area contributed by atoms with Gasteiger partial charge in [-0.3, -0.25) is 14.4 Å². The number of aliphatic carboxylic acids is 1. The van der Waals surface area contributed by atoms with E-state index in [2.05, 4.69) is 13.8 Å². The zero-order valence-electron chi connectivity index (χ0n) is 19.7. The maximum absolute atomic E-state index is 12.3. The summed E-state index contributed by atoms with van der Waals surface area (Å²) in [5.41, 5.74) is 0.500. The van der Waals surface area contributed by atoms with Crippen LogP contribution >= 0.6 is 0 Å². The van der Waals surface area contributed by atoms with Crippen LogP contribution in [-0.4, -0.2) is 28.9 Å². The van der Waals surface area contributed by atoms with E-state index in [1.807, 2.05) is 0 Å². The molecule has 0 saturated heterocycles. The van der Waals surface area contributed by atoms with E-state index in [-0.39, 0.29) is 29.8 Å². The van der Waals surface area contributed by atoms with E-state index in [0.29, 0.717) is 23.0 Å². The first-order chi connectivity index (χ1) is 14.6. The number of hydrogen-bond acceptors (Lipinski definition) is 4. The van der Waals surface area contributed by atoms with Crippen molar-refractivity contribution >= 4 is 17.7 Å². The van der Waals surface area contributed by atoms with E-state index in [0.717, 1.165) is 37.5 Å². The summed E-state index contributed by atoms with van der Waals surface area (Å²) in [6, 6.07) is 0. The monoisotopic (exact) mass is 432 g/mol. The molecule has 1 unspecified atom stereocenters. The van der Waals surface area contributed by atoms with Gasteiger partial charge in [-0.15, -0.1) is 0 Å². The Bertz CT molecular complexity index is 746. The molecule has 0 aromatic heterocycles. The Kier molecular flexibility index (Phi) is 6.02. The number of ether oxygens (including phenoxy) is 1. The summed E-state index contributed by atoms with van der Waals surface area (Å²) in [4.78, 5) is 35.6. The second-order valence-electron chi connectivity index (χ2n) is 11.8. The van der Waals surface area contributed by atoms with Crippen molar-refractivity contribution < 1.29 is 24.2 Å². The summed E-state index contributed by atoms with van der Waals surface area (Å²) < 4.78 is 5.73. The molecule has 5 heteroatoms. The molecule has 174 valence electrons. The molecule has 5 nitrogen and oxygen atoms in total. The third-order valence-corrected chi connectivity index (χ3v) is 10.3. The number of esters is 1. The SMILES string of the molecule is CC(=O)[C@H]1CC[C@H]2[C@@H]3CC[C@@H]4C[C@H](OC(=O)CC(C)C(=O)O)CC[C@]4(C)[C@H]3CC[C@]12C. The fraction of sp³-hybridized carbons (Fsp3) is 0.885. The third-order valence-electron chi connectivity index (χ3n) is 10.3. The van der Waals surface area contributed by atoms with Crippen molar-refractivity contribution in [2.24, 2.45) is 46.3 Å². The van der Waals surface area contributed by atoms with Crippen LogP contribution in [-0.2, 0) is 19.1 Å². The molecule has 0 aromatic carbocycles. The molecule has 0 heterocycles. The first kappa shape index (κ1) is 22.8. The molecule has 9 atom stereocenters. The minimum Gasteiger partial charge on any atom is -0.481 e. The van der Waals surface area contributed by atoms with E-state index in [4.69, 9.17) is 9.84 Å². The van der Waals surface area contributed by atoms with Gasteiger partial charge in [-0.05, 0) is 99.2 Å². The molecule has 4 fully saturated rings. The largest absolute Gasteiger partial charge is 0.481 e. The topological polar surface area (TPSA) is 80.7 Å². The van der Waals surface area contributed by atoms with Crippen LogP contribution < -0.4 is 0 Å². The molecule has 4 rings (SSSR count). The molecule has 0 spiro atoms. The molecule has 0 radical (unpaired) electrons. The number of ketones is 1. The molecule has 4 saturated carbocycles. The lowest BCUT2D eigenvalue weighted by Gasteiger charge is -2.61. The second kappa shape index (κ2) is 8.19. The van der Waals surface area contributed by atoms with E-state index >= 15 is 0 Å². The minimum atomic E-state index is -0.949. The third kappa shape index (κ3) is 3.84. The fourth-order valence-corrected chi connectivity index (χ4v) is 8.56. The van der Waals surface area contributed by atoms with E-state index in [1.165, 1.54) is 32.1 Å². The van der Waals surface area contributed by atoms with Gasteiger partial charge in [-0.1, -0.05) is 20.8 Å². The van der Waals surface area contributed by atoms with E-state index in [1.54, 1.807) is 13.8 Å². The quantitative estimate of drug-likeness (QED) is 0.600. The number of rotatable bonds is 5. The average Bonchev–Trinajstić information content (AvgIpc) is 3.05. The number of carboxylic acids is 1. The number of carboxylic acid groups (broad SMARTS) is 1.